The first-order valence-electron chi connectivity index (χ1n) is 10.4. The molecule has 1 aromatic carbocycles. The summed E-state index contributed by atoms with van der Waals surface area (Å²) in [5, 5.41) is 6.60. The van der Waals surface area contributed by atoms with E-state index in [1.54, 1.807) is 20.5 Å². The van der Waals surface area contributed by atoms with Crippen molar-refractivity contribution in [2.75, 3.05) is 38.8 Å². The molecule has 8 heteroatoms. The number of fused-ring (bicyclic) bond motifs is 1. The van der Waals surface area contributed by atoms with Gasteiger partial charge in [-0.25, -0.2) is 9.97 Å². The fraction of sp³-hybridized carbons (Fsp3) is 0.619. The number of methoxy groups -OCH3 is 2. The summed E-state index contributed by atoms with van der Waals surface area (Å²) in [7, 11) is 3.31. The van der Waals surface area contributed by atoms with E-state index < -0.39 is 0 Å². The van der Waals surface area contributed by atoms with E-state index in [-0.39, 0.29) is 0 Å². The minimum atomic E-state index is 0.486. The van der Waals surface area contributed by atoms with E-state index in [4.69, 9.17) is 14.6 Å². The molecule has 1 aliphatic carbocycles. The molecule has 0 unspecified atom stereocenters. The van der Waals surface area contributed by atoms with Gasteiger partial charge in [-0.15, -0.1) is 0 Å². The van der Waals surface area contributed by atoms with Crippen molar-refractivity contribution < 1.29 is 9.47 Å². The van der Waals surface area contributed by atoms with Gasteiger partial charge in [0.05, 0.1) is 19.7 Å². The van der Waals surface area contributed by atoms with E-state index in [1.165, 1.54) is 50.7 Å². The third-order valence-corrected chi connectivity index (χ3v) is 6.96. The molecule has 2 aliphatic rings. The molecule has 4 rings (SSSR count). The van der Waals surface area contributed by atoms with Crippen LogP contribution in [0.3, 0.4) is 0 Å². The van der Waals surface area contributed by atoms with Crippen molar-refractivity contribution in [3.63, 3.8) is 0 Å². The van der Waals surface area contributed by atoms with Gasteiger partial charge in [-0.1, -0.05) is 0 Å². The number of nitrogens with zero attached hydrogens (tertiary/aromatic N) is 3. The molecule has 1 aromatic heterocycles. The molecule has 0 amide bonds. The van der Waals surface area contributed by atoms with Crippen LogP contribution in [0.15, 0.2) is 18.5 Å². The van der Waals surface area contributed by atoms with Crippen molar-refractivity contribution in [1.82, 2.24) is 14.7 Å². The Morgan fingerprint density at radius 3 is 2.45 bits per heavy atom. The van der Waals surface area contributed by atoms with Crippen LogP contribution >= 0.6 is 12.1 Å². The highest BCUT2D eigenvalue weighted by Gasteiger charge is 2.48. The van der Waals surface area contributed by atoms with Gasteiger partial charge in [0.1, 0.15) is 12.1 Å². The van der Waals surface area contributed by atoms with Crippen molar-refractivity contribution in [2.45, 2.75) is 38.5 Å². The first-order valence-corrected chi connectivity index (χ1v) is 11.3. The molecule has 0 radical (unpaired) electrons. The lowest BCUT2D eigenvalue weighted by molar-refractivity contribution is 0.255. The summed E-state index contributed by atoms with van der Waals surface area (Å²) in [5.41, 5.74) is 1.37. The highest BCUT2D eigenvalue weighted by atomic mass is 32.2. The van der Waals surface area contributed by atoms with E-state index in [0.717, 1.165) is 42.3 Å². The molecule has 0 bridgehead atoms. The van der Waals surface area contributed by atoms with E-state index in [1.807, 2.05) is 12.1 Å². The van der Waals surface area contributed by atoms with Crippen LogP contribution in [0, 0.1) is 11.3 Å². The third kappa shape index (κ3) is 4.25. The Labute approximate surface area is 177 Å². The lowest BCUT2D eigenvalue weighted by Crippen LogP contribution is -2.33. The molecule has 0 spiro atoms. The van der Waals surface area contributed by atoms with Crippen LogP contribution in [-0.4, -0.2) is 43.8 Å². The summed E-state index contributed by atoms with van der Waals surface area (Å²) in [6, 6.07) is 3.93. The zero-order chi connectivity index (χ0) is 20.3. The molecule has 158 valence electrons. The van der Waals surface area contributed by atoms with Gasteiger partial charge in [0.25, 0.3) is 0 Å². The number of rotatable bonds is 7. The zero-order valence-corrected chi connectivity index (χ0v) is 18.1. The normalized spacial score (nSPS) is 19.6. The molecule has 1 saturated carbocycles. The number of aromatic nitrogens is 2. The van der Waals surface area contributed by atoms with Crippen LogP contribution in [0.25, 0.3) is 10.9 Å². The van der Waals surface area contributed by atoms with Gasteiger partial charge in [0, 0.05) is 43.2 Å². The maximum Gasteiger partial charge on any atom is 0.162 e. The van der Waals surface area contributed by atoms with E-state index >= 15 is 0 Å². The molecular formula is C21H31N5O2S. The van der Waals surface area contributed by atoms with E-state index in [0.29, 0.717) is 16.9 Å². The molecule has 1 saturated heterocycles. The van der Waals surface area contributed by atoms with Gasteiger partial charge in [0.2, 0.25) is 0 Å². The van der Waals surface area contributed by atoms with Crippen molar-refractivity contribution in [1.29, 1.82) is 0 Å². The molecule has 0 atom stereocenters. The average molecular weight is 418 g/mol. The summed E-state index contributed by atoms with van der Waals surface area (Å²) >= 11 is 1.25. The highest BCUT2D eigenvalue weighted by molar-refractivity contribution is 7.95. The monoisotopic (exact) mass is 417 g/mol. The topological polar surface area (TPSA) is 85.5 Å². The number of ether oxygens (including phenoxy) is 2. The first kappa shape index (κ1) is 20.5. The fourth-order valence-electron chi connectivity index (χ4n) is 4.83. The van der Waals surface area contributed by atoms with Crippen molar-refractivity contribution in [3.8, 4) is 11.5 Å². The Bertz CT molecular complexity index is 835. The fourth-order valence-corrected chi connectivity index (χ4v) is 5.20. The molecule has 1 aliphatic heterocycles. The lowest BCUT2D eigenvalue weighted by atomic mass is 9.81. The Morgan fingerprint density at radius 2 is 1.83 bits per heavy atom. The summed E-state index contributed by atoms with van der Waals surface area (Å²) in [4.78, 5) is 11.5. The minimum Gasteiger partial charge on any atom is -0.493 e. The van der Waals surface area contributed by atoms with Gasteiger partial charge in [-0.05, 0) is 55.9 Å². The number of nitrogens with one attached hydrogen (secondary N) is 1. The van der Waals surface area contributed by atoms with Gasteiger partial charge in [-0.3, -0.25) is 9.86 Å². The average Bonchev–Trinajstić information content (AvgIpc) is 3.51. The molecule has 2 aromatic rings. The van der Waals surface area contributed by atoms with Crippen LogP contribution in [0.4, 0.5) is 5.82 Å². The molecular weight excluding hydrogens is 386 g/mol. The van der Waals surface area contributed by atoms with Crippen LogP contribution in [-0.2, 0) is 0 Å². The van der Waals surface area contributed by atoms with Gasteiger partial charge >= 0.3 is 0 Å². The van der Waals surface area contributed by atoms with E-state index in [2.05, 4.69) is 19.6 Å². The number of nitrogens with two attached hydrogens (primary N) is 1. The number of anilines is 1. The number of benzene rings is 1. The quantitative estimate of drug-likeness (QED) is 0.662. The predicted molar refractivity (Wildman–Crippen MR) is 118 cm³/mol. The largest absolute Gasteiger partial charge is 0.493 e. The van der Waals surface area contributed by atoms with E-state index in [9.17, 15) is 0 Å². The van der Waals surface area contributed by atoms with Crippen LogP contribution < -0.4 is 24.2 Å². The summed E-state index contributed by atoms with van der Waals surface area (Å²) in [6.07, 6.45) is 9.24. The Balaban J connectivity index is 1.51. The Morgan fingerprint density at radius 1 is 1.14 bits per heavy atom. The predicted octanol–water partition coefficient (Wildman–Crippen LogP) is 3.54. The standard InChI is InChI=1S/C21H31N5O2S/c1-27-18-11-16-17(12-19(18)28-2)23-14-24-20(16)26-9-3-5-15(6-4-10-26)21(7-8-21)13-25-29-22/h11-12,14-15,25H,3-10,13,22H2,1-2H3. The first-order chi connectivity index (χ1) is 14.2. The summed E-state index contributed by atoms with van der Waals surface area (Å²) in [6.45, 7) is 3.08. The van der Waals surface area contributed by atoms with Gasteiger partial charge < -0.3 is 14.4 Å². The Kier molecular flexibility index (Phi) is 6.32. The van der Waals surface area contributed by atoms with Crippen molar-refractivity contribution >= 4 is 28.9 Å². The second-order valence-corrected chi connectivity index (χ2v) is 8.72. The maximum atomic E-state index is 5.59. The van der Waals surface area contributed by atoms with Gasteiger partial charge in [-0.2, -0.15) is 0 Å². The molecule has 7 nitrogen and oxygen atoms in total. The molecule has 2 heterocycles. The minimum absolute atomic E-state index is 0.486. The number of hydrogen-bond acceptors (Lipinski definition) is 8. The molecule has 29 heavy (non-hydrogen) atoms. The smallest absolute Gasteiger partial charge is 0.162 e. The van der Waals surface area contributed by atoms with Crippen molar-refractivity contribution in [2.24, 2.45) is 16.5 Å². The number of hydrogen-bond donors (Lipinski definition) is 2. The third-order valence-electron chi connectivity index (χ3n) is 6.65. The highest BCUT2D eigenvalue weighted by Crippen LogP contribution is 2.55. The zero-order valence-electron chi connectivity index (χ0n) is 17.3. The second kappa shape index (κ2) is 8.93. The van der Waals surface area contributed by atoms with Crippen LogP contribution in [0.2, 0.25) is 0 Å². The van der Waals surface area contributed by atoms with Gasteiger partial charge in [0.15, 0.2) is 11.5 Å². The second-order valence-electron chi connectivity index (χ2n) is 8.19. The summed E-state index contributed by atoms with van der Waals surface area (Å²) in [5.74, 6) is 3.20. The Hall–Kier alpha value is -1.77. The molecule has 2 fully saturated rings. The lowest BCUT2D eigenvalue weighted by Gasteiger charge is -2.33. The summed E-state index contributed by atoms with van der Waals surface area (Å²) < 4.78 is 14.2. The van der Waals surface area contributed by atoms with Crippen LogP contribution in [0.1, 0.15) is 38.5 Å². The molecule has 3 N–H and O–H groups in total. The van der Waals surface area contributed by atoms with Crippen LogP contribution in [0.5, 0.6) is 11.5 Å². The maximum absolute atomic E-state index is 5.59. The van der Waals surface area contributed by atoms with Crippen molar-refractivity contribution in [3.05, 3.63) is 18.5 Å². The SMILES string of the molecule is COc1cc2ncnc(N3CCCC(C4(CNSN)CC4)CCC3)c2cc1OC.